The molecule has 2 rings (SSSR count). The number of hydrogen-bond donors (Lipinski definition) is 0. The first-order valence-electron chi connectivity index (χ1n) is 5.47. The van der Waals surface area contributed by atoms with Gasteiger partial charge in [0.2, 0.25) is 14.2 Å². The van der Waals surface area contributed by atoms with Gasteiger partial charge in [0, 0.05) is 5.92 Å². The fraction of sp³-hybridized carbons (Fsp3) is 0.600. The van der Waals surface area contributed by atoms with E-state index >= 15 is 0 Å². The largest absolute Gasteiger partial charge is 0.269 e. The van der Waals surface area contributed by atoms with Gasteiger partial charge in [0.05, 0.1) is 5.75 Å². The Morgan fingerprint density at radius 2 is 2.06 bits per heavy atom. The molecule has 1 aliphatic carbocycles. The smallest absolute Gasteiger partial charge is 0.221 e. The molecule has 18 heavy (non-hydrogen) atoms. The van der Waals surface area contributed by atoms with E-state index in [-0.39, 0.29) is 22.1 Å². The van der Waals surface area contributed by atoms with Crippen molar-refractivity contribution in [1.29, 1.82) is 0 Å². The summed E-state index contributed by atoms with van der Waals surface area (Å²) in [5.74, 6) is -0.00785. The second-order valence-corrected chi connectivity index (χ2v) is 7.58. The van der Waals surface area contributed by atoms with Gasteiger partial charge in [-0.05, 0) is 31.8 Å². The molecule has 0 bridgehead atoms. The first kappa shape index (κ1) is 13.5. The van der Waals surface area contributed by atoms with Crippen molar-refractivity contribution in [3.05, 3.63) is 16.7 Å². The molecule has 0 spiro atoms. The zero-order chi connectivity index (χ0) is 13.3. The van der Waals surface area contributed by atoms with Crippen LogP contribution in [0.2, 0.25) is 0 Å². The topological polar surface area (TPSA) is 59.9 Å². The lowest BCUT2D eigenvalue weighted by Gasteiger charge is -1.99. The summed E-state index contributed by atoms with van der Waals surface area (Å²) in [6.45, 7) is 1.22. The Kier molecular flexibility index (Phi) is 3.76. The molecule has 0 amide bonds. The highest BCUT2D eigenvalue weighted by Gasteiger charge is 2.30. The maximum atomic E-state index is 12.2. The van der Waals surface area contributed by atoms with E-state index in [4.69, 9.17) is 0 Å². The van der Waals surface area contributed by atoms with Crippen LogP contribution in [0.3, 0.4) is 0 Å². The van der Waals surface area contributed by atoms with Crippen molar-refractivity contribution >= 4 is 21.2 Å². The highest BCUT2D eigenvalue weighted by molar-refractivity contribution is 7.93. The highest BCUT2D eigenvalue weighted by Crippen LogP contribution is 2.41. The number of sulfone groups is 1. The molecule has 1 aliphatic rings. The van der Waals surface area contributed by atoms with Crippen LogP contribution in [0.5, 0.6) is 0 Å². The fourth-order valence-electron chi connectivity index (χ4n) is 1.31. The third-order valence-corrected chi connectivity index (χ3v) is 5.93. The zero-order valence-corrected chi connectivity index (χ0v) is 11.3. The van der Waals surface area contributed by atoms with Gasteiger partial charge in [0.25, 0.3) is 6.08 Å². The third-order valence-electron chi connectivity index (χ3n) is 2.68. The van der Waals surface area contributed by atoms with E-state index in [2.05, 4.69) is 10.2 Å². The second kappa shape index (κ2) is 5.00. The first-order chi connectivity index (χ1) is 8.40. The van der Waals surface area contributed by atoms with Gasteiger partial charge in [-0.2, -0.15) is 8.78 Å². The fourth-order valence-corrected chi connectivity index (χ4v) is 3.98. The van der Waals surface area contributed by atoms with Gasteiger partial charge in [0.15, 0.2) is 0 Å². The molecule has 1 aromatic heterocycles. The van der Waals surface area contributed by atoms with Crippen molar-refractivity contribution in [2.75, 3.05) is 5.75 Å². The van der Waals surface area contributed by atoms with E-state index in [0.717, 1.165) is 29.2 Å². The van der Waals surface area contributed by atoms with E-state index in [9.17, 15) is 17.2 Å². The summed E-state index contributed by atoms with van der Waals surface area (Å²) in [6.07, 6.45) is 0.0389. The molecule has 0 aromatic carbocycles. The Hall–Kier alpha value is -0.890. The van der Waals surface area contributed by atoms with E-state index in [1.54, 1.807) is 0 Å². The monoisotopic (exact) mass is 294 g/mol. The summed E-state index contributed by atoms with van der Waals surface area (Å²) in [7, 11) is -3.60. The Balaban J connectivity index is 2.07. The minimum atomic E-state index is -3.60. The molecular weight excluding hydrogens is 282 g/mol. The van der Waals surface area contributed by atoms with Gasteiger partial charge in [-0.15, -0.1) is 10.2 Å². The Bertz CT molecular complexity index is 572. The normalized spacial score (nSPS) is 15.7. The molecule has 0 aliphatic heterocycles. The predicted octanol–water partition coefficient (Wildman–Crippen LogP) is 2.75. The number of rotatable bonds is 5. The zero-order valence-electron chi connectivity index (χ0n) is 9.69. The lowest BCUT2D eigenvalue weighted by Crippen LogP contribution is -2.07. The van der Waals surface area contributed by atoms with E-state index in [1.807, 2.05) is 0 Å². The number of allylic oxidation sites excluding steroid dienone is 1. The molecule has 4 nitrogen and oxygen atoms in total. The molecule has 0 unspecified atom stereocenters. The number of halogens is 2. The molecule has 0 saturated heterocycles. The van der Waals surface area contributed by atoms with Gasteiger partial charge < -0.3 is 0 Å². The van der Waals surface area contributed by atoms with Gasteiger partial charge in [-0.3, -0.25) is 0 Å². The van der Waals surface area contributed by atoms with Crippen LogP contribution < -0.4 is 0 Å². The summed E-state index contributed by atoms with van der Waals surface area (Å²) in [5, 5.41) is 8.22. The van der Waals surface area contributed by atoms with Gasteiger partial charge >= 0.3 is 0 Å². The number of hydrogen-bond acceptors (Lipinski definition) is 5. The Morgan fingerprint density at radius 3 is 2.61 bits per heavy atom. The summed E-state index contributed by atoms with van der Waals surface area (Å²) in [6, 6.07) is 0. The highest BCUT2D eigenvalue weighted by atomic mass is 32.2. The molecule has 0 radical (unpaired) electrons. The standard InChI is InChI=1S/C10H12F2N2O2S2/c1-6(8(11)12)4-5-18(15,16)10-14-13-9(17-10)7-2-3-7/h7H,2-5H2,1H3. The Labute approximate surface area is 108 Å². The maximum Gasteiger partial charge on any atom is 0.269 e. The van der Waals surface area contributed by atoms with Crippen molar-refractivity contribution in [2.24, 2.45) is 0 Å². The van der Waals surface area contributed by atoms with Gasteiger partial charge in [-0.25, -0.2) is 8.42 Å². The Morgan fingerprint density at radius 1 is 1.39 bits per heavy atom. The molecule has 1 heterocycles. The minimum absolute atomic E-state index is 0.0588. The first-order valence-corrected chi connectivity index (χ1v) is 7.94. The van der Waals surface area contributed by atoms with Crippen LogP contribution in [0.1, 0.15) is 37.1 Å². The van der Waals surface area contributed by atoms with E-state index < -0.39 is 15.9 Å². The van der Waals surface area contributed by atoms with Gasteiger partial charge in [0.1, 0.15) is 5.01 Å². The van der Waals surface area contributed by atoms with Crippen LogP contribution in [0.15, 0.2) is 16.0 Å². The molecule has 1 aromatic rings. The van der Waals surface area contributed by atoms with Crippen LogP contribution in [0, 0.1) is 0 Å². The summed E-state index contributed by atoms with van der Waals surface area (Å²) < 4.78 is 48.0. The number of aromatic nitrogens is 2. The summed E-state index contributed by atoms with van der Waals surface area (Å²) >= 11 is 1.06. The minimum Gasteiger partial charge on any atom is -0.221 e. The molecule has 100 valence electrons. The molecule has 8 heteroatoms. The summed E-state index contributed by atoms with van der Waals surface area (Å²) in [4.78, 5) is 0. The van der Waals surface area contributed by atoms with Crippen molar-refractivity contribution in [3.63, 3.8) is 0 Å². The van der Waals surface area contributed by atoms with E-state index in [1.165, 1.54) is 6.92 Å². The molecule has 0 N–H and O–H groups in total. The van der Waals surface area contributed by atoms with Crippen LogP contribution in [0.25, 0.3) is 0 Å². The second-order valence-electron chi connectivity index (χ2n) is 4.29. The molecule has 0 atom stereocenters. The third kappa shape index (κ3) is 3.11. The van der Waals surface area contributed by atoms with E-state index in [0.29, 0.717) is 5.92 Å². The van der Waals surface area contributed by atoms with Crippen molar-refractivity contribution in [1.82, 2.24) is 10.2 Å². The predicted molar refractivity (Wildman–Crippen MR) is 63.5 cm³/mol. The van der Waals surface area contributed by atoms with Crippen LogP contribution >= 0.6 is 11.3 Å². The SMILES string of the molecule is CC(CCS(=O)(=O)c1nnc(C2CC2)s1)=C(F)F. The van der Waals surface area contributed by atoms with Crippen molar-refractivity contribution in [2.45, 2.75) is 36.4 Å². The van der Waals surface area contributed by atoms with Gasteiger partial charge in [-0.1, -0.05) is 11.3 Å². The average molecular weight is 294 g/mol. The van der Waals surface area contributed by atoms with Crippen molar-refractivity contribution in [3.8, 4) is 0 Å². The van der Waals surface area contributed by atoms with Crippen LogP contribution in [-0.4, -0.2) is 24.4 Å². The molecule has 1 fully saturated rings. The number of nitrogens with zero attached hydrogens (tertiary/aromatic N) is 2. The van der Waals surface area contributed by atoms with Crippen molar-refractivity contribution < 1.29 is 17.2 Å². The molecule has 1 saturated carbocycles. The van der Waals surface area contributed by atoms with Crippen LogP contribution in [0.4, 0.5) is 8.78 Å². The lowest BCUT2D eigenvalue weighted by atomic mass is 10.3. The average Bonchev–Trinajstić information content (AvgIpc) is 3.03. The summed E-state index contributed by atoms with van der Waals surface area (Å²) in [5.41, 5.74) is -0.203. The van der Waals surface area contributed by atoms with Crippen LogP contribution in [-0.2, 0) is 9.84 Å². The lowest BCUT2D eigenvalue weighted by molar-refractivity contribution is 0.409. The molecular formula is C10H12F2N2O2S2. The quantitative estimate of drug-likeness (QED) is 0.838. The maximum absolute atomic E-state index is 12.2.